The number of sulfonamides is 1. The Morgan fingerprint density at radius 2 is 2.30 bits per heavy atom. The van der Waals surface area contributed by atoms with E-state index in [2.05, 4.69) is 10.0 Å². The van der Waals surface area contributed by atoms with Gasteiger partial charge >= 0.3 is 0 Å². The second-order valence-electron chi connectivity index (χ2n) is 4.99. The molecule has 1 aliphatic heterocycles. The first kappa shape index (κ1) is 15.9. The molecule has 1 aliphatic rings. The summed E-state index contributed by atoms with van der Waals surface area (Å²) in [6.07, 6.45) is 1.75. The number of nitrogens with one attached hydrogen (secondary N) is 2. The number of hydrogen-bond donors (Lipinski definition) is 2. The quantitative estimate of drug-likeness (QED) is 0.836. The molecular weight excluding hydrogens is 296 g/mol. The zero-order chi connectivity index (χ0) is 14.6. The molecule has 0 spiro atoms. The summed E-state index contributed by atoms with van der Waals surface area (Å²) in [5.41, 5.74) is 1.02. The second-order valence-corrected chi connectivity index (χ2v) is 8.06. The topological polar surface area (TPSA) is 67.4 Å². The molecule has 5 nitrogen and oxygen atoms in total. The SMILES string of the molecule is CCNCc1sc(S(=O)(=O)NC2CCCOC2)cc1C. The van der Waals surface area contributed by atoms with Crippen molar-refractivity contribution in [3.8, 4) is 0 Å². The van der Waals surface area contributed by atoms with Crippen LogP contribution in [-0.2, 0) is 21.3 Å². The highest BCUT2D eigenvalue weighted by Gasteiger charge is 2.24. The Bertz CT molecular complexity index is 534. The van der Waals surface area contributed by atoms with Crippen LogP contribution in [0.15, 0.2) is 10.3 Å². The van der Waals surface area contributed by atoms with E-state index in [4.69, 9.17) is 4.74 Å². The summed E-state index contributed by atoms with van der Waals surface area (Å²) in [5, 5.41) is 3.23. The van der Waals surface area contributed by atoms with Crippen LogP contribution in [-0.4, -0.2) is 34.2 Å². The van der Waals surface area contributed by atoms with Gasteiger partial charge in [-0.15, -0.1) is 11.3 Å². The van der Waals surface area contributed by atoms with Crippen molar-refractivity contribution in [2.75, 3.05) is 19.8 Å². The molecule has 1 atom stereocenters. The van der Waals surface area contributed by atoms with Gasteiger partial charge in [-0.3, -0.25) is 0 Å². The minimum atomic E-state index is -3.43. The Morgan fingerprint density at radius 3 is 2.95 bits per heavy atom. The van der Waals surface area contributed by atoms with Crippen molar-refractivity contribution >= 4 is 21.4 Å². The van der Waals surface area contributed by atoms with Crippen LogP contribution in [0.25, 0.3) is 0 Å². The Morgan fingerprint density at radius 1 is 1.50 bits per heavy atom. The van der Waals surface area contributed by atoms with Gasteiger partial charge in [0, 0.05) is 24.1 Å². The molecular formula is C13H22N2O3S2. The molecule has 0 aliphatic carbocycles. The largest absolute Gasteiger partial charge is 0.380 e. The van der Waals surface area contributed by atoms with E-state index >= 15 is 0 Å². The van der Waals surface area contributed by atoms with Gasteiger partial charge in [-0.1, -0.05) is 6.92 Å². The number of ether oxygens (including phenoxy) is 1. The molecule has 0 radical (unpaired) electrons. The van der Waals surface area contributed by atoms with Crippen LogP contribution in [0.3, 0.4) is 0 Å². The van der Waals surface area contributed by atoms with Gasteiger partial charge in [-0.25, -0.2) is 13.1 Å². The third-order valence-corrected chi connectivity index (χ3v) is 6.51. The average molecular weight is 318 g/mol. The minimum Gasteiger partial charge on any atom is -0.380 e. The molecule has 1 aromatic rings. The van der Waals surface area contributed by atoms with Crippen LogP contribution in [0.1, 0.15) is 30.2 Å². The Kier molecular flexibility index (Phi) is 5.57. The molecule has 20 heavy (non-hydrogen) atoms. The first-order chi connectivity index (χ1) is 9.53. The van der Waals surface area contributed by atoms with E-state index in [1.165, 1.54) is 11.3 Å². The van der Waals surface area contributed by atoms with Crippen LogP contribution in [0.4, 0.5) is 0 Å². The fourth-order valence-corrected chi connectivity index (χ4v) is 4.98. The van der Waals surface area contributed by atoms with Gasteiger partial charge in [-0.2, -0.15) is 0 Å². The van der Waals surface area contributed by atoms with Crippen LogP contribution in [0, 0.1) is 6.92 Å². The van der Waals surface area contributed by atoms with Gasteiger partial charge in [0.15, 0.2) is 0 Å². The van der Waals surface area contributed by atoms with Crippen molar-refractivity contribution in [2.24, 2.45) is 0 Å². The molecule has 0 amide bonds. The molecule has 1 fully saturated rings. The Hall–Kier alpha value is -0.470. The van der Waals surface area contributed by atoms with Gasteiger partial charge in [0.1, 0.15) is 4.21 Å². The summed E-state index contributed by atoms with van der Waals surface area (Å²) >= 11 is 1.34. The molecule has 2 rings (SSSR count). The molecule has 2 N–H and O–H groups in total. The molecule has 1 aromatic heterocycles. The van der Waals surface area contributed by atoms with E-state index < -0.39 is 10.0 Å². The third-order valence-electron chi connectivity index (χ3n) is 3.28. The van der Waals surface area contributed by atoms with Crippen molar-refractivity contribution < 1.29 is 13.2 Å². The number of aryl methyl sites for hydroxylation is 1. The molecule has 7 heteroatoms. The van der Waals surface area contributed by atoms with Crippen molar-refractivity contribution in [2.45, 2.75) is 43.5 Å². The van der Waals surface area contributed by atoms with Gasteiger partial charge < -0.3 is 10.1 Å². The summed E-state index contributed by atoms with van der Waals surface area (Å²) in [6, 6.07) is 1.65. The second kappa shape index (κ2) is 7.00. The maximum atomic E-state index is 12.4. The summed E-state index contributed by atoms with van der Waals surface area (Å²) in [4.78, 5) is 1.08. The molecule has 2 heterocycles. The summed E-state index contributed by atoms with van der Waals surface area (Å²) in [6.45, 7) is 6.76. The van der Waals surface area contributed by atoms with Crippen molar-refractivity contribution in [1.82, 2.24) is 10.0 Å². The van der Waals surface area contributed by atoms with E-state index in [-0.39, 0.29) is 6.04 Å². The molecule has 0 aromatic carbocycles. The Labute approximate surface area is 124 Å². The van der Waals surface area contributed by atoms with Crippen LogP contribution in [0.2, 0.25) is 0 Å². The molecule has 114 valence electrons. The highest BCUT2D eigenvalue weighted by Crippen LogP contribution is 2.26. The van der Waals surface area contributed by atoms with Gasteiger partial charge in [0.2, 0.25) is 10.0 Å². The minimum absolute atomic E-state index is 0.103. The fraction of sp³-hybridized carbons (Fsp3) is 0.692. The van der Waals surface area contributed by atoms with Crippen LogP contribution in [0.5, 0.6) is 0 Å². The highest BCUT2D eigenvalue weighted by atomic mass is 32.2. The van der Waals surface area contributed by atoms with E-state index in [1.807, 2.05) is 13.8 Å². The lowest BCUT2D eigenvalue weighted by Gasteiger charge is -2.22. The monoisotopic (exact) mass is 318 g/mol. The predicted molar refractivity (Wildman–Crippen MR) is 80.6 cm³/mol. The molecule has 1 unspecified atom stereocenters. The van der Waals surface area contributed by atoms with E-state index in [9.17, 15) is 8.42 Å². The lowest BCUT2D eigenvalue weighted by Crippen LogP contribution is -2.40. The Balaban J connectivity index is 2.08. The first-order valence-electron chi connectivity index (χ1n) is 6.93. The summed E-state index contributed by atoms with van der Waals surface area (Å²) in [7, 11) is -3.43. The zero-order valence-corrected chi connectivity index (χ0v) is 13.6. The fourth-order valence-electron chi connectivity index (χ4n) is 2.15. The summed E-state index contributed by atoms with van der Waals surface area (Å²) < 4.78 is 33.2. The molecule has 0 bridgehead atoms. The first-order valence-corrected chi connectivity index (χ1v) is 9.23. The van der Waals surface area contributed by atoms with E-state index in [0.29, 0.717) is 10.8 Å². The van der Waals surface area contributed by atoms with Gasteiger partial charge in [-0.05, 0) is 37.9 Å². The van der Waals surface area contributed by atoms with Crippen molar-refractivity contribution in [3.05, 3.63) is 16.5 Å². The average Bonchev–Trinajstić information content (AvgIpc) is 2.79. The number of hydrogen-bond acceptors (Lipinski definition) is 5. The van der Waals surface area contributed by atoms with Crippen molar-refractivity contribution in [1.29, 1.82) is 0 Å². The van der Waals surface area contributed by atoms with Gasteiger partial charge in [0.25, 0.3) is 0 Å². The van der Waals surface area contributed by atoms with Gasteiger partial charge in [0.05, 0.1) is 6.61 Å². The van der Waals surface area contributed by atoms with Crippen LogP contribution >= 0.6 is 11.3 Å². The maximum Gasteiger partial charge on any atom is 0.250 e. The standard InChI is InChI=1S/C13H22N2O3S2/c1-3-14-8-12-10(2)7-13(19-12)20(16,17)15-11-5-4-6-18-9-11/h7,11,14-15H,3-6,8-9H2,1-2H3. The predicted octanol–water partition coefficient (Wildman–Crippen LogP) is 1.62. The number of thiophene rings is 1. The van der Waals surface area contributed by atoms with Crippen molar-refractivity contribution in [3.63, 3.8) is 0 Å². The van der Waals surface area contributed by atoms with Crippen LogP contribution < -0.4 is 10.0 Å². The van der Waals surface area contributed by atoms with E-state index in [0.717, 1.165) is 43.0 Å². The summed E-state index contributed by atoms with van der Waals surface area (Å²) in [5.74, 6) is 0. The maximum absolute atomic E-state index is 12.4. The zero-order valence-electron chi connectivity index (χ0n) is 11.9. The molecule has 1 saturated heterocycles. The smallest absolute Gasteiger partial charge is 0.250 e. The third kappa shape index (κ3) is 4.02. The normalized spacial score (nSPS) is 20.2. The lowest BCUT2D eigenvalue weighted by atomic mass is 10.1. The number of rotatable bonds is 6. The van der Waals surface area contributed by atoms with E-state index in [1.54, 1.807) is 6.07 Å². The molecule has 0 saturated carbocycles. The highest BCUT2D eigenvalue weighted by molar-refractivity contribution is 7.91. The lowest BCUT2D eigenvalue weighted by molar-refractivity contribution is 0.0774.